The molecule has 0 bridgehead atoms. The van der Waals surface area contributed by atoms with Crippen LogP contribution in [0, 0.1) is 0 Å². The molecule has 5 rings (SSSR count). The monoisotopic (exact) mass is 480 g/mol. The molecule has 0 aromatic heterocycles. The van der Waals surface area contributed by atoms with Gasteiger partial charge in [0.25, 0.3) is 11.8 Å². The van der Waals surface area contributed by atoms with Gasteiger partial charge in [0, 0.05) is 55.0 Å². The van der Waals surface area contributed by atoms with E-state index in [0.717, 1.165) is 25.2 Å². The molecule has 2 saturated heterocycles. The van der Waals surface area contributed by atoms with Gasteiger partial charge >= 0.3 is 0 Å². The average molecular weight is 481 g/mol. The van der Waals surface area contributed by atoms with Gasteiger partial charge in [0.05, 0.1) is 13.2 Å². The van der Waals surface area contributed by atoms with Gasteiger partial charge in [-0.15, -0.1) is 0 Å². The largest absolute Gasteiger partial charge is 0.379 e. The third-order valence-electron chi connectivity index (χ3n) is 6.76. The molecule has 3 aliphatic heterocycles. The van der Waals surface area contributed by atoms with Crippen molar-refractivity contribution >= 4 is 23.4 Å². The predicted molar refractivity (Wildman–Crippen MR) is 125 cm³/mol. The zero-order chi connectivity index (χ0) is 24.6. The second-order valence-corrected chi connectivity index (χ2v) is 9.11. The highest BCUT2D eigenvalue weighted by molar-refractivity contribution is 6.06. The Morgan fingerprint density at radius 3 is 2.51 bits per heavy atom. The van der Waals surface area contributed by atoms with Gasteiger partial charge in [-0.2, -0.15) is 0 Å². The molecule has 1 atom stereocenters. The number of rotatable bonds is 6. The number of nitrogens with one attached hydrogen (secondary N) is 2. The normalized spacial score (nSPS) is 21.1. The topological polar surface area (TPSA) is 131 Å². The van der Waals surface area contributed by atoms with Crippen molar-refractivity contribution in [3.05, 3.63) is 64.7 Å². The number of hydrogen-bond donors (Lipinski definition) is 4. The standard InChI is InChI=1S/C25H28N4O6/c30-22-9-8-21(23(31)26-22)29-15-19-18(24(29)32)2-1-3-20(19)27-25(33,34)17-6-4-16(5-7-17)14-28-10-12-35-13-11-28/h1-7,21,27,33-34H,8-15H2,(H,26,30,31). The van der Waals surface area contributed by atoms with Crippen molar-refractivity contribution in [1.29, 1.82) is 0 Å². The van der Waals surface area contributed by atoms with Crippen LogP contribution in [0.3, 0.4) is 0 Å². The van der Waals surface area contributed by atoms with Gasteiger partial charge in [-0.25, -0.2) is 0 Å². The molecule has 4 N–H and O–H groups in total. The molecule has 0 saturated carbocycles. The lowest BCUT2D eigenvalue weighted by molar-refractivity contribution is -0.143. The SMILES string of the molecule is O=C1CCC(N2Cc3c(NC(O)(O)c4ccc(CN5CCOCC5)cc4)cccc3C2=O)C(=O)N1. The molecule has 3 amide bonds. The highest BCUT2D eigenvalue weighted by Crippen LogP contribution is 2.34. The van der Waals surface area contributed by atoms with Crippen molar-refractivity contribution in [3.8, 4) is 0 Å². The van der Waals surface area contributed by atoms with Crippen molar-refractivity contribution in [2.24, 2.45) is 0 Å². The molecule has 2 fully saturated rings. The smallest absolute Gasteiger partial charge is 0.272 e. The maximum atomic E-state index is 13.0. The Kier molecular flexibility index (Phi) is 6.28. The van der Waals surface area contributed by atoms with Gasteiger partial charge < -0.3 is 25.2 Å². The van der Waals surface area contributed by atoms with E-state index in [4.69, 9.17) is 4.74 Å². The summed E-state index contributed by atoms with van der Waals surface area (Å²) in [7, 11) is 0. The number of imide groups is 1. The molecular formula is C25H28N4O6. The minimum atomic E-state index is -2.38. The number of amides is 3. The van der Waals surface area contributed by atoms with Gasteiger partial charge in [0.1, 0.15) is 6.04 Å². The summed E-state index contributed by atoms with van der Waals surface area (Å²) < 4.78 is 5.37. The summed E-state index contributed by atoms with van der Waals surface area (Å²) in [6.07, 6.45) is 0.424. The van der Waals surface area contributed by atoms with Gasteiger partial charge in [-0.3, -0.25) is 24.6 Å². The first-order valence-corrected chi connectivity index (χ1v) is 11.7. The van der Waals surface area contributed by atoms with Crippen molar-refractivity contribution in [1.82, 2.24) is 15.1 Å². The highest BCUT2D eigenvalue weighted by Gasteiger charge is 2.40. The summed E-state index contributed by atoms with van der Waals surface area (Å²) in [4.78, 5) is 40.5. The molecule has 2 aromatic rings. The lowest BCUT2D eigenvalue weighted by Crippen LogP contribution is -2.52. The van der Waals surface area contributed by atoms with Gasteiger partial charge in [-0.05, 0) is 24.1 Å². The Hall–Kier alpha value is -3.31. The number of carbonyl (C=O) groups excluding carboxylic acids is 3. The van der Waals surface area contributed by atoms with E-state index in [1.807, 2.05) is 12.1 Å². The number of nitrogens with zero attached hydrogens (tertiary/aromatic N) is 2. The van der Waals surface area contributed by atoms with E-state index in [1.54, 1.807) is 30.3 Å². The first-order valence-electron chi connectivity index (χ1n) is 11.7. The molecule has 10 heteroatoms. The number of carbonyl (C=O) groups is 3. The van der Waals surface area contributed by atoms with E-state index in [9.17, 15) is 24.6 Å². The van der Waals surface area contributed by atoms with Crippen LogP contribution in [0.25, 0.3) is 0 Å². The molecule has 184 valence electrons. The van der Waals surface area contributed by atoms with E-state index < -0.39 is 17.9 Å². The van der Waals surface area contributed by atoms with E-state index >= 15 is 0 Å². The molecule has 0 spiro atoms. The van der Waals surface area contributed by atoms with Crippen LogP contribution in [-0.2, 0) is 33.3 Å². The number of fused-ring (bicyclic) bond motifs is 1. The van der Waals surface area contributed by atoms with Crippen molar-refractivity contribution in [3.63, 3.8) is 0 Å². The molecule has 0 aliphatic carbocycles. The van der Waals surface area contributed by atoms with Crippen LogP contribution >= 0.6 is 0 Å². The lowest BCUT2D eigenvalue weighted by atomic mass is 10.0. The second kappa shape index (κ2) is 9.38. The summed E-state index contributed by atoms with van der Waals surface area (Å²) in [5.74, 6) is -3.54. The maximum Gasteiger partial charge on any atom is 0.272 e. The van der Waals surface area contributed by atoms with Crippen molar-refractivity contribution < 1.29 is 29.3 Å². The van der Waals surface area contributed by atoms with Crippen LogP contribution in [0.4, 0.5) is 5.69 Å². The number of aliphatic hydroxyl groups is 2. The maximum absolute atomic E-state index is 13.0. The number of anilines is 1. The molecule has 2 aromatic carbocycles. The molecule has 3 aliphatic rings. The summed E-state index contributed by atoms with van der Waals surface area (Å²) in [6, 6.07) is 11.2. The van der Waals surface area contributed by atoms with Crippen LogP contribution in [0.5, 0.6) is 0 Å². The van der Waals surface area contributed by atoms with E-state index in [2.05, 4.69) is 15.5 Å². The third kappa shape index (κ3) is 4.78. The number of piperidine rings is 1. The Morgan fingerprint density at radius 1 is 1.06 bits per heavy atom. The molecule has 35 heavy (non-hydrogen) atoms. The quantitative estimate of drug-likeness (QED) is 0.347. The Morgan fingerprint density at radius 2 is 1.80 bits per heavy atom. The van der Waals surface area contributed by atoms with Crippen molar-refractivity contribution in [2.75, 3.05) is 31.6 Å². The molecule has 1 unspecified atom stereocenters. The van der Waals surface area contributed by atoms with E-state index in [1.165, 1.54) is 4.90 Å². The Bertz CT molecular complexity index is 1140. The van der Waals surface area contributed by atoms with Crippen LogP contribution in [0.1, 0.15) is 39.9 Å². The van der Waals surface area contributed by atoms with Crippen molar-refractivity contribution in [2.45, 2.75) is 37.9 Å². The summed E-state index contributed by atoms with van der Waals surface area (Å²) in [6.45, 7) is 4.03. The zero-order valence-electron chi connectivity index (χ0n) is 19.2. The Balaban J connectivity index is 1.31. The fraction of sp³-hybridized carbons (Fsp3) is 0.400. The highest BCUT2D eigenvalue weighted by atomic mass is 16.5. The van der Waals surface area contributed by atoms with E-state index in [0.29, 0.717) is 30.0 Å². The molecule has 3 heterocycles. The number of morpholine rings is 1. The van der Waals surface area contributed by atoms with E-state index in [-0.39, 0.29) is 36.8 Å². The fourth-order valence-corrected chi connectivity index (χ4v) is 4.82. The average Bonchev–Trinajstić information content (AvgIpc) is 3.17. The first kappa shape index (κ1) is 23.4. The van der Waals surface area contributed by atoms with Crippen LogP contribution in [0.15, 0.2) is 42.5 Å². The van der Waals surface area contributed by atoms with Crippen LogP contribution in [-0.4, -0.2) is 70.1 Å². The molecule has 0 radical (unpaired) electrons. The van der Waals surface area contributed by atoms with Crippen LogP contribution in [0.2, 0.25) is 0 Å². The van der Waals surface area contributed by atoms with Gasteiger partial charge in [0.2, 0.25) is 11.8 Å². The first-order chi connectivity index (χ1) is 16.8. The number of benzene rings is 2. The minimum absolute atomic E-state index is 0.123. The second-order valence-electron chi connectivity index (χ2n) is 9.11. The number of hydrogen-bond acceptors (Lipinski definition) is 8. The van der Waals surface area contributed by atoms with Gasteiger partial charge in [0.15, 0.2) is 0 Å². The lowest BCUT2D eigenvalue weighted by Gasteiger charge is -2.29. The molecule has 10 nitrogen and oxygen atoms in total. The zero-order valence-corrected chi connectivity index (χ0v) is 19.2. The Labute approximate surface area is 202 Å². The number of ether oxygens (including phenoxy) is 1. The molecular weight excluding hydrogens is 452 g/mol. The summed E-state index contributed by atoms with van der Waals surface area (Å²) >= 11 is 0. The van der Waals surface area contributed by atoms with Crippen LogP contribution < -0.4 is 10.6 Å². The minimum Gasteiger partial charge on any atom is -0.379 e. The third-order valence-corrected chi connectivity index (χ3v) is 6.76. The predicted octanol–water partition coefficient (Wildman–Crippen LogP) is 0.487. The summed E-state index contributed by atoms with van der Waals surface area (Å²) in [5.41, 5.74) is 2.65. The van der Waals surface area contributed by atoms with Gasteiger partial charge in [-0.1, -0.05) is 30.3 Å². The summed E-state index contributed by atoms with van der Waals surface area (Å²) in [5, 5.41) is 26.7. The fourth-order valence-electron chi connectivity index (χ4n) is 4.82.